The Kier molecular flexibility index (Phi) is 5.34. The van der Waals surface area contributed by atoms with Crippen molar-refractivity contribution in [2.24, 2.45) is 0 Å². The molecule has 8 heteroatoms. The van der Waals surface area contributed by atoms with Crippen LogP contribution in [0.5, 0.6) is 0 Å². The van der Waals surface area contributed by atoms with Gasteiger partial charge in [0.05, 0.1) is 17.1 Å². The van der Waals surface area contributed by atoms with Crippen LogP contribution in [0.2, 0.25) is 0 Å². The van der Waals surface area contributed by atoms with Gasteiger partial charge in [0.15, 0.2) is 0 Å². The summed E-state index contributed by atoms with van der Waals surface area (Å²) in [4.78, 5) is 16.5. The van der Waals surface area contributed by atoms with Crippen molar-refractivity contribution in [2.45, 2.75) is 51.6 Å². The summed E-state index contributed by atoms with van der Waals surface area (Å²) >= 11 is 0. The second-order valence-corrected chi connectivity index (χ2v) is 8.49. The van der Waals surface area contributed by atoms with Gasteiger partial charge < -0.3 is 9.73 Å². The highest BCUT2D eigenvalue weighted by atomic mass is 32.2. The molecule has 1 amide bonds. The molecule has 0 saturated heterocycles. The lowest BCUT2D eigenvalue weighted by Gasteiger charge is -2.20. The number of benzene rings is 1. The molecule has 0 aliphatic rings. The van der Waals surface area contributed by atoms with Crippen LogP contribution in [0.3, 0.4) is 0 Å². The van der Waals surface area contributed by atoms with Crippen molar-refractivity contribution >= 4 is 15.9 Å². The number of oxazole rings is 1. The maximum atomic E-state index is 12.2. The molecule has 1 heterocycles. The van der Waals surface area contributed by atoms with Crippen molar-refractivity contribution in [3.63, 3.8) is 0 Å². The summed E-state index contributed by atoms with van der Waals surface area (Å²) in [7, 11) is -3.62. The van der Waals surface area contributed by atoms with E-state index in [1.54, 1.807) is 27.7 Å². The van der Waals surface area contributed by atoms with E-state index in [0.29, 0.717) is 17.2 Å². The first-order chi connectivity index (χ1) is 11.5. The van der Waals surface area contributed by atoms with Crippen LogP contribution in [0.4, 0.5) is 0 Å². The Balaban J connectivity index is 2.05. The quantitative estimate of drug-likeness (QED) is 0.846. The number of nitrogens with one attached hydrogen (secondary N) is 2. The molecule has 2 aromatic rings. The van der Waals surface area contributed by atoms with Gasteiger partial charge in [-0.2, -0.15) is 0 Å². The fourth-order valence-electron chi connectivity index (χ4n) is 2.12. The number of hydrogen-bond donors (Lipinski definition) is 2. The number of nitrogens with zero attached hydrogens (tertiary/aromatic N) is 1. The minimum Gasteiger partial charge on any atom is -0.444 e. The summed E-state index contributed by atoms with van der Waals surface area (Å²) < 4.78 is 32.4. The maximum absolute atomic E-state index is 12.2. The summed E-state index contributed by atoms with van der Waals surface area (Å²) in [6, 6.07) is 5.75. The molecule has 0 unspecified atom stereocenters. The van der Waals surface area contributed by atoms with E-state index in [2.05, 4.69) is 15.0 Å². The van der Waals surface area contributed by atoms with E-state index in [-0.39, 0.29) is 17.3 Å². The fraction of sp³-hybridized carbons (Fsp3) is 0.412. The molecule has 25 heavy (non-hydrogen) atoms. The minimum absolute atomic E-state index is 0.109. The first-order valence-electron chi connectivity index (χ1n) is 7.83. The highest BCUT2D eigenvalue weighted by molar-refractivity contribution is 7.89. The zero-order chi connectivity index (χ0) is 18.8. The summed E-state index contributed by atoms with van der Waals surface area (Å²) in [5.74, 6) is 0.809. The van der Waals surface area contributed by atoms with Crippen molar-refractivity contribution in [1.29, 1.82) is 0 Å². The highest BCUT2D eigenvalue weighted by Gasteiger charge is 2.22. The summed E-state index contributed by atoms with van der Waals surface area (Å²) in [6.45, 7) is 9.09. The number of carbonyl (C=O) groups is 1. The summed E-state index contributed by atoms with van der Waals surface area (Å²) in [6.07, 6.45) is 0. The van der Waals surface area contributed by atoms with E-state index < -0.39 is 15.6 Å². The van der Waals surface area contributed by atoms with Crippen LogP contribution in [-0.4, -0.2) is 24.8 Å². The van der Waals surface area contributed by atoms with Gasteiger partial charge in [-0.1, -0.05) is 0 Å². The molecule has 2 rings (SSSR count). The Labute approximate surface area is 147 Å². The number of amides is 1. The van der Waals surface area contributed by atoms with Crippen molar-refractivity contribution in [2.75, 3.05) is 0 Å². The first kappa shape index (κ1) is 19.1. The number of rotatable bonds is 5. The molecule has 7 nitrogen and oxygen atoms in total. The second-order valence-electron chi connectivity index (χ2n) is 6.81. The molecular formula is C17H23N3O4S. The van der Waals surface area contributed by atoms with E-state index in [1.165, 1.54) is 24.3 Å². The molecule has 0 spiro atoms. The van der Waals surface area contributed by atoms with Gasteiger partial charge in [-0.3, -0.25) is 4.79 Å². The van der Waals surface area contributed by atoms with Gasteiger partial charge in [0.25, 0.3) is 5.91 Å². The molecule has 136 valence electrons. The van der Waals surface area contributed by atoms with Crippen molar-refractivity contribution in [1.82, 2.24) is 15.0 Å². The molecule has 0 atom stereocenters. The number of carbonyl (C=O) groups excluding carboxylic acids is 1. The van der Waals surface area contributed by atoms with Crippen LogP contribution in [0.15, 0.2) is 33.6 Å². The largest absolute Gasteiger partial charge is 0.444 e. The first-order valence-corrected chi connectivity index (χ1v) is 9.31. The van der Waals surface area contributed by atoms with Gasteiger partial charge in [-0.05, 0) is 58.9 Å². The number of aromatic nitrogens is 1. The fourth-order valence-corrected chi connectivity index (χ4v) is 3.54. The van der Waals surface area contributed by atoms with Crippen molar-refractivity contribution in [3.05, 3.63) is 47.2 Å². The molecule has 0 saturated carbocycles. The lowest BCUT2D eigenvalue weighted by molar-refractivity contribution is 0.0947. The van der Waals surface area contributed by atoms with E-state index in [0.717, 1.165) is 5.69 Å². The standard InChI is InChI=1S/C17H23N3O4S/c1-11-12(2)24-15(19-11)10-18-16(21)13-6-8-14(9-7-13)25(22,23)20-17(3,4)5/h6-9,20H,10H2,1-5H3,(H,18,21). The van der Waals surface area contributed by atoms with Crippen LogP contribution in [0, 0.1) is 13.8 Å². The molecule has 1 aromatic heterocycles. The highest BCUT2D eigenvalue weighted by Crippen LogP contribution is 2.14. The minimum atomic E-state index is -3.62. The van der Waals surface area contributed by atoms with E-state index in [9.17, 15) is 13.2 Å². The van der Waals surface area contributed by atoms with Gasteiger partial charge in [0, 0.05) is 11.1 Å². The monoisotopic (exact) mass is 365 g/mol. The molecule has 0 aliphatic heterocycles. The van der Waals surface area contributed by atoms with Crippen LogP contribution < -0.4 is 10.0 Å². The summed E-state index contributed by atoms with van der Waals surface area (Å²) in [5, 5.41) is 2.69. The number of sulfonamides is 1. The zero-order valence-electron chi connectivity index (χ0n) is 15.0. The smallest absolute Gasteiger partial charge is 0.251 e. The van der Waals surface area contributed by atoms with Crippen molar-refractivity contribution < 1.29 is 17.6 Å². The van der Waals surface area contributed by atoms with Gasteiger partial charge >= 0.3 is 0 Å². The third kappa shape index (κ3) is 5.14. The average Bonchev–Trinajstić information content (AvgIpc) is 2.81. The third-order valence-corrected chi connectivity index (χ3v) is 5.11. The molecule has 0 bridgehead atoms. The lowest BCUT2D eigenvalue weighted by atomic mass is 10.1. The van der Waals surface area contributed by atoms with Crippen LogP contribution in [0.25, 0.3) is 0 Å². The number of aryl methyl sites for hydroxylation is 2. The second kappa shape index (κ2) is 6.97. The predicted octanol–water partition coefficient (Wildman–Crippen LogP) is 2.30. The number of hydrogen-bond acceptors (Lipinski definition) is 5. The van der Waals surface area contributed by atoms with Crippen LogP contribution >= 0.6 is 0 Å². The van der Waals surface area contributed by atoms with Crippen molar-refractivity contribution in [3.8, 4) is 0 Å². The van der Waals surface area contributed by atoms with E-state index in [4.69, 9.17) is 4.42 Å². The molecule has 0 radical (unpaired) electrons. The Bertz CT molecular complexity index is 843. The maximum Gasteiger partial charge on any atom is 0.251 e. The van der Waals surface area contributed by atoms with Gasteiger partial charge in [0.1, 0.15) is 5.76 Å². The van der Waals surface area contributed by atoms with Gasteiger partial charge in [-0.25, -0.2) is 18.1 Å². The Morgan fingerprint density at radius 2 is 1.76 bits per heavy atom. The van der Waals surface area contributed by atoms with Gasteiger partial charge in [0.2, 0.25) is 15.9 Å². The summed E-state index contributed by atoms with van der Waals surface area (Å²) in [5.41, 5.74) is 0.557. The van der Waals surface area contributed by atoms with Crippen LogP contribution in [-0.2, 0) is 16.6 Å². The molecular weight excluding hydrogens is 342 g/mol. The molecule has 1 aromatic carbocycles. The SMILES string of the molecule is Cc1nc(CNC(=O)c2ccc(S(=O)(=O)NC(C)(C)C)cc2)oc1C. The zero-order valence-corrected chi connectivity index (χ0v) is 15.8. The normalized spacial score (nSPS) is 12.2. The Morgan fingerprint density at radius 1 is 1.16 bits per heavy atom. The van der Waals surface area contributed by atoms with E-state index >= 15 is 0 Å². The molecule has 0 fully saturated rings. The molecule has 2 N–H and O–H groups in total. The average molecular weight is 365 g/mol. The topological polar surface area (TPSA) is 101 Å². The Hall–Kier alpha value is -2.19. The van der Waals surface area contributed by atoms with Gasteiger partial charge in [-0.15, -0.1) is 0 Å². The predicted molar refractivity (Wildman–Crippen MR) is 93.7 cm³/mol. The van der Waals surface area contributed by atoms with E-state index in [1.807, 2.05) is 6.92 Å². The lowest BCUT2D eigenvalue weighted by Crippen LogP contribution is -2.40. The molecule has 0 aliphatic carbocycles. The Morgan fingerprint density at radius 3 is 2.24 bits per heavy atom. The van der Waals surface area contributed by atoms with Crippen LogP contribution in [0.1, 0.15) is 48.5 Å². The third-order valence-electron chi connectivity index (χ3n) is 3.34.